The lowest BCUT2D eigenvalue weighted by Gasteiger charge is -2.07. The van der Waals surface area contributed by atoms with Gasteiger partial charge in [0, 0.05) is 11.8 Å². The summed E-state index contributed by atoms with van der Waals surface area (Å²) in [7, 11) is 0. The average Bonchev–Trinajstić information content (AvgIpc) is 2.68. The van der Waals surface area contributed by atoms with E-state index in [1.54, 1.807) is 0 Å². The van der Waals surface area contributed by atoms with Crippen LogP contribution in [-0.2, 0) is 0 Å². The number of nitrogens with zero attached hydrogens (tertiary/aromatic N) is 1. The van der Waals surface area contributed by atoms with E-state index in [1.807, 2.05) is 22.6 Å². The summed E-state index contributed by atoms with van der Waals surface area (Å²) in [5.74, 6) is 0.189. The molecule has 104 valence electrons. The van der Waals surface area contributed by atoms with Crippen molar-refractivity contribution < 1.29 is 18.3 Å². The van der Waals surface area contributed by atoms with Gasteiger partial charge in [-0.05, 0) is 34.7 Å². The summed E-state index contributed by atoms with van der Waals surface area (Å²) in [6, 6.07) is 4.20. The number of ether oxygens (including phenoxy) is 2. The second-order valence-electron chi connectivity index (χ2n) is 3.85. The summed E-state index contributed by atoms with van der Waals surface area (Å²) in [6.07, 6.45) is -2.41. The third-order valence-corrected chi connectivity index (χ3v) is 3.46. The molecule has 0 saturated heterocycles. The van der Waals surface area contributed by atoms with Crippen LogP contribution in [0.5, 0.6) is 11.5 Å². The number of nitrogens with one attached hydrogen (secondary N) is 2. The van der Waals surface area contributed by atoms with Crippen molar-refractivity contribution >= 4 is 34.1 Å². The molecule has 20 heavy (non-hydrogen) atoms. The van der Waals surface area contributed by atoms with Gasteiger partial charge in [0.1, 0.15) is 3.57 Å². The van der Waals surface area contributed by atoms with Gasteiger partial charge in [-0.1, -0.05) is 0 Å². The smallest absolute Gasteiger partial charge is 0.395 e. The molecule has 0 aliphatic carbocycles. The highest BCUT2D eigenvalue weighted by Gasteiger charge is 2.43. The molecule has 0 radical (unpaired) electrons. The van der Waals surface area contributed by atoms with E-state index in [-0.39, 0.29) is 17.1 Å². The predicted octanol–water partition coefficient (Wildman–Crippen LogP) is 2.44. The predicted molar refractivity (Wildman–Crippen MR) is 73.5 cm³/mol. The molecule has 0 atom stereocenters. The fourth-order valence-corrected chi connectivity index (χ4v) is 2.06. The molecule has 2 aromatic rings. The van der Waals surface area contributed by atoms with Gasteiger partial charge in [-0.25, -0.2) is 4.98 Å². The highest BCUT2D eigenvalue weighted by atomic mass is 127. The largest absolute Gasteiger partial charge is 0.586 e. The Hall–Kier alpha value is -1.91. The molecule has 0 fully saturated rings. The van der Waals surface area contributed by atoms with Crippen molar-refractivity contribution in [2.24, 2.45) is 0 Å². The van der Waals surface area contributed by atoms with Crippen LogP contribution in [0.4, 0.5) is 20.3 Å². The first-order valence-electron chi connectivity index (χ1n) is 5.35. The van der Waals surface area contributed by atoms with Crippen molar-refractivity contribution in [2.75, 3.05) is 5.32 Å². The first-order chi connectivity index (χ1) is 9.44. The highest BCUT2D eigenvalue weighted by molar-refractivity contribution is 14.1. The van der Waals surface area contributed by atoms with Crippen LogP contribution in [0.15, 0.2) is 29.3 Å². The molecule has 0 unspecified atom stereocenters. The maximum Gasteiger partial charge on any atom is 0.586 e. The third kappa shape index (κ3) is 2.40. The van der Waals surface area contributed by atoms with Crippen molar-refractivity contribution in [3.63, 3.8) is 0 Å². The van der Waals surface area contributed by atoms with Crippen molar-refractivity contribution in [1.29, 1.82) is 0 Å². The fourth-order valence-electron chi connectivity index (χ4n) is 1.63. The van der Waals surface area contributed by atoms with Gasteiger partial charge in [-0.2, -0.15) is 0 Å². The van der Waals surface area contributed by atoms with Crippen LogP contribution in [0.25, 0.3) is 0 Å². The van der Waals surface area contributed by atoms with Gasteiger partial charge in [-0.3, -0.25) is 4.79 Å². The summed E-state index contributed by atoms with van der Waals surface area (Å²) in [6.45, 7) is 0. The lowest BCUT2D eigenvalue weighted by atomic mass is 10.3. The molecule has 2 heterocycles. The molecule has 6 nitrogen and oxygen atoms in total. The Labute approximate surface area is 124 Å². The Morgan fingerprint density at radius 1 is 1.30 bits per heavy atom. The molecule has 2 N–H and O–H groups in total. The topological polar surface area (TPSA) is 76.2 Å². The van der Waals surface area contributed by atoms with Crippen molar-refractivity contribution in [3.8, 4) is 11.5 Å². The number of alkyl halides is 2. The summed E-state index contributed by atoms with van der Waals surface area (Å²) in [5.41, 5.74) is 0.149. The number of anilines is 2. The van der Waals surface area contributed by atoms with Crippen LogP contribution < -0.4 is 20.3 Å². The molecule has 1 aromatic carbocycles. The van der Waals surface area contributed by atoms with Crippen molar-refractivity contribution in [2.45, 2.75) is 6.29 Å². The number of H-pyrrole nitrogens is 1. The Kier molecular flexibility index (Phi) is 3.00. The second kappa shape index (κ2) is 4.58. The molecule has 0 saturated carbocycles. The van der Waals surface area contributed by atoms with E-state index in [1.165, 1.54) is 24.5 Å². The van der Waals surface area contributed by atoms with Crippen molar-refractivity contribution in [3.05, 3.63) is 38.5 Å². The zero-order valence-electron chi connectivity index (χ0n) is 9.62. The molecule has 0 amide bonds. The zero-order valence-corrected chi connectivity index (χ0v) is 11.8. The quantitative estimate of drug-likeness (QED) is 0.767. The number of hydrogen-bond donors (Lipinski definition) is 2. The number of aromatic nitrogens is 2. The SMILES string of the molecule is O=c1[nH]cnc(Nc2ccc3c(c2)OC(F)(F)O3)c1I. The van der Waals surface area contributed by atoms with Crippen molar-refractivity contribution in [1.82, 2.24) is 9.97 Å². The maximum absolute atomic E-state index is 12.9. The fraction of sp³-hybridized carbons (Fsp3) is 0.0909. The summed E-state index contributed by atoms with van der Waals surface area (Å²) >= 11 is 1.83. The Morgan fingerprint density at radius 2 is 2.05 bits per heavy atom. The lowest BCUT2D eigenvalue weighted by molar-refractivity contribution is -0.286. The first kappa shape index (κ1) is 13.1. The lowest BCUT2D eigenvalue weighted by Crippen LogP contribution is -2.25. The summed E-state index contributed by atoms with van der Waals surface area (Å²) in [5, 5.41) is 2.85. The summed E-state index contributed by atoms with van der Waals surface area (Å²) < 4.78 is 34.8. The van der Waals surface area contributed by atoms with Crippen LogP contribution in [0.2, 0.25) is 0 Å². The normalized spacial score (nSPS) is 15.2. The van der Waals surface area contributed by atoms with E-state index in [0.717, 1.165) is 0 Å². The van der Waals surface area contributed by atoms with E-state index in [2.05, 4.69) is 24.8 Å². The molecule has 9 heteroatoms. The van der Waals surface area contributed by atoms with Gasteiger partial charge >= 0.3 is 6.29 Å². The Morgan fingerprint density at radius 3 is 2.85 bits per heavy atom. The van der Waals surface area contributed by atoms with E-state index in [0.29, 0.717) is 15.1 Å². The first-order valence-corrected chi connectivity index (χ1v) is 6.42. The van der Waals surface area contributed by atoms with Crippen LogP contribution >= 0.6 is 22.6 Å². The Balaban J connectivity index is 1.90. The highest BCUT2D eigenvalue weighted by Crippen LogP contribution is 2.42. The monoisotopic (exact) mass is 393 g/mol. The number of aromatic amines is 1. The second-order valence-corrected chi connectivity index (χ2v) is 4.93. The number of fused-ring (bicyclic) bond motifs is 1. The molecule has 1 aromatic heterocycles. The van der Waals surface area contributed by atoms with Crippen LogP contribution in [-0.4, -0.2) is 16.3 Å². The van der Waals surface area contributed by atoms with Crippen LogP contribution in [0, 0.1) is 3.57 Å². The van der Waals surface area contributed by atoms with E-state index >= 15 is 0 Å². The number of rotatable bonds is 2. The van der Waals surface area contributed by atoms with Gasteiger partial charge < -0.3 is 19.8 Å². The number of hydrogen-bond acceptors (Lipinski definition) is 5. The molecule has 0 bridgehead atoms. The number of halogens is 3. The Bertz CT molecular complexity index is 735. The molecule has 1 aliphatic rings. The van der Waals surface area contributed by atoms with Gasteiger partial charge in [-0.15, -0.1) is 8.78 Å². The minimum absolute atomic E-state index is 0.0471. The van der Waals surface area contributed by atoms with Gasteiger partial charge in [0.2, 0.25) is 0 Å². The van der Waals surface area contributed by atoms with Crippen LogP contribution in [0.3, 0.4) is 0 Å². The molecular formula is C11H6F2IN3O3. The minimum Gasteiger partial charge on any atom is -0.395 e. The van der Waals surface area contributed by atoms with Gasteiger partial charge in [0.15, 0.2) is 17.3 Å². The number of benzene rings is 1. The zero-order chi connectivity index (χ0) is 14.3. The van der Waals surface area contributed by atoms with E-state index in [9.17, 15) is 13.6 Å². The maximum atomic E-state index is 12.9. The van der Waals surface area contributed by atoms with Gasteiger partial charge in [0.05, 0.1) is 6.33 Å². The van der Waals surface area contributed by atoms with Gasteiger partial charge in [0.25, 0.3) is 5.56 Å². The molecule has 1 aliphatic heterocycles. The average molecular weight is 393 g/mol. The molecular weight excluding hydrogens is 387 g/mol. The van der Waals surface area contributed by atoms with E-state index in [4.69, 9.17) is 0 Å². The van der Waals surface area contributed by atoms with Crippen LogP contribution in [0.1, 0.15) is 0 Å². The minimum atomic E-state index is -3.66. The standard InChI is InChI=1S/C11H6F2IN3O3/c12-11(13)19-6-2-1-5(3-7(6)20-11)17-9-8(14)10(18)16-4-15-9/h1-4H,(H2,15,16,17,18). The van der Waals surface area contributed by atoms with E-state index < -0.39 is 6.29 Å². The molecule has 0 spiro atoms. The molecule has 3 rings (SSSR count). The third-order valence-electron chi connectivity index (χ3n) is 2.46. The summed E-state index contributed by atoms with van der Waals surface area (Å²) in [4.78, 5) is 17.8.